The van der Waals surface area contributed by atoms with E-state index in [1.807, 2.05) is 20.8 Å². The first kappa shape index (κ1) is 11.7. The lowest BCUT2D eigenvalue weighted by Gasteiger charge is -2.25. The van der Waals surface area contributed by atoms with Crippen molar-refractivity contribution in [3.8, 4) is 0 Å². The molecule has 1 atom stereocenters. The molecule has 1 amide bonds. The Morgan fingerprint density at radius 3 is 2.60 bits per heavy atom. The van der Waals surface area contributed by atoms with E-state index in [0.29, 0.717) is 5.88 Å². The number of anilines is 1. The predicted molar refractivity (Wildman–Crippen MR) is 57.3 cm³/mol. The molecule has 0 spiro atoms. The molecule has 1 rings (SSSR count). The number of carbonyl (C=O) groups is 1. The Bertz CT molecular complexity index is 352. The normalized spacial score (nSPS) is 13.7. The number of aromatic nitrogens is 1. The molecule has 3 N–H and O–H groups in total. The van der Waals surface area contributed by atoms with E-state index >= 15 is 0 Å². The van der Waals surface area contributed by atoms with Crippen LogP contribution in [0.2, 0.25) is 0 Å². The van der Waals surface area contributed by atoms with Gasteiger partial charge in [0.1, 0.15) is 0 Å². The van der Waals surface area contributed by atoms with Crippen molar-refractivity contribution in [3.63, 3.8) is 0 Å². The highest BCUT2D eigenvalue weighted by molar-refractivity contribution is 5.94. The first-order valence-electron chi connectivity index (χ1n) is 4.80. The maximum Gasteiger partial charge on any atom is 0.244 e. The summed E-state index contributed by atoms with van der Waals surface area (Å²) in [4.78, 5) is 11.6. The van der Waals surface area contributed by atoms with Crippen molar-refractivity contribution in [1.29, 1.82) is 0 Å². The van der Waals surface area contributed by atoms with E-state index in [1.54, 1.807) is 13.0 Å². The van der Waals surface area contributed by atoms with Gasteiger partial charge in [0.05, 0.1) is 11.7 Å². The number of nitrogens with two attached hydrogens (primary N) is 1. The zero-order valence-electron chi connectivity index (χ0n) is 9.50. The van der Waals surface area contributed by atoms with Crippen LogP contribution in [0.4, 0.5) is 5.88 Å². The predicted octanol–water partition coefficient (Wildman–Crippen LogP) is 1.29. The van der Waals surface area contributed by atoms with E-state index in [2.05, 4.69) is 10.5 Å². The fourth-order valence-corrected chi connectivity index (χ4v) is 1.01. The number of aryl methyl sites for hydroxylation is 1. The summed E-state index contributed by atoms with van der Waals surface area (Å²) in [6, 6.07) is 1.07. The first-order chi connectivity index (χ1) is 6.80. The number of hydrogen-bond donors (Lipinski definition) is 2. The number of amides is 1. The molecule has 0 unspecified atom stereocenters. The Morgan fingerprint density at radius 2 is 2.20 bits per heavy atom. The summed E-state index contributed by atoms with van der Waals surface area (Å²) in [5.74, 6) is 0.0656. The van der Waals surface area contributed by atoms with Crippen LogP contribution in [-0.4, -0.2) is 17.1 Å². The minimum atomic E-state index is -0.581. The maximum atomic E-state index is 11.6. The molecule has 1 aromatic rings. The molecule has 0 saturated heterocycles. The summed E-state index contributed by atoms with van der Waals surface area (Å²) >= 11 is 0. The largest absolute Gasteiger partial charge is 0.338 e. The second-order valence-corrected chi connectivity index (χ2v) is 4.67. The highest BCUT2D eigenvalue weighted by Crippen LogP contribution is 2.19. The second-order valence-electron chi connectivity index (χ2n) is 4.67. The minimum absolute atomic E-state index is 0.265. The van der Waals surface area contributed by atoms with Gasteiger partial charge in [-0.3, -0.25) is 10.1 Å². The number of nitrogens with one attached hydrogen (secondary N) is 1. The van der Waals surface area contributed by atoms with E-state index < -0.39 is 6.04 Å². The van der Waals surface area contributed by atoms with Crippen LogP contribution in [-0.2, 0) is 4.79 Å². The van der Waals surface area contributed by atoms with E-state index in [4.69, 9.17) is 10.3 Å². The minimum Gasteiger partial charge on any atom is -0.338 e. The molecule has 1 aromatic heterocycles. The van der Waals surface area contributed by atoms with Crippen LogP contribution in [0, 0.1) is 12.3 Å². The Kier molecular flexibility index (Phi) is 3.14. The van der Waals surface area contributed by atoms with Crippen LogP contribution >= 0.6 is 0 Å². The number of hydrogen-bond acceptors (Lipinski definition) is 4. The molecule has 0 aliphatic rings. The summed E-state index contributed by atoms with van der Waals surface area (Å²) in [7, 11) is 0. The molecule has 0 aliphatic heterocycles. The van der Waals surface area contributed by atoms with E-state index in [-0.39, 0.29) is 11.3 Å². The molecule has 15 heavy (non-hydrogen) atoms. The molecule has 0 saturated carbocycles. The molecule has 0 fully saturated rings. The monoisotopic (exact) mass is 211 g/mol. The summed E-state index contributed by atoms with van der Waals surface area (Å²) in [5.41, 5.74) is 6.21. The average molecular weight is 211 g/mol. The van der Waals surface area contributed by atoms with Gasteiger partial charge >= 0.3 is 0 Å². The van der Waals surface area contributed by atoms with Gasteiger partial charge in [0.15, 0.2) is 0 Å². The van der Waals surface area contributed by atoms with E-state index in [9.17, 15) is 4.79 Å². The fourth-order valence-electron chi connectivity index (χ4n) is 1.01. The van der Waals surface area contributed by atoms with Gasteiger partial charge in [-0.1, -0.05) is 25.9 Å². The van der Waals surface area contributed by atoms with Gasteiger partial charge in [-0.25, -0.2) is 0 Å². The molecule has 0 aromatic carbocycles. The lowest BCUT2D eigenvalue weighted by atomic mass is 9.87. The summed E-state index contributed by atoms with van der Waals surface area (Å²) in [5, 5.41) is 6.24. The van der Waals surface area contributed by atoms with Crippen molar-refractivity contribution in [2.75, 3.05) is 5.32 Å². The Hall–Kier alpha value is -1.36. The van der Waals surface area contributed by atoms with Crippen LogP contribution in [0.25, 0.3) is 0 Å². The highest BCUT2D eigenvalue weighted by atomic mass is 16.5. The summed E-state index contributed by atoms with van der Waals surface area (Å²) in [6.07, 6.45) is 0. The topological polar surface area (TPSA) is 81.2 Å². The molecule has 0 aliphatic carbocycles. The quantitative estimate of drug-likeness (QED) is 0.772. The van der Waals surface area contributed by atoms with Gasteiger partial charge in [-0.05, 0) is 12.3 Å². The van der Waals surface area contributed by atoms with E-state index in [0.717, 1.165) is 5.69 Å². The van der Waals surface area contributed by atoms with Crippen LogP contribution < -0.4 is 11.1 Å². The number of rotatable bonds is 2. The first-order valence-corrected chi connectivity index (χ1v) is 4.80. The molecule has 1 heterocycles. The number of nitrogens with zero attached hydrogens (tertiary/aromatic N) is 1. The van der Waals surface area contributed by atoms with Gasteiger partial charge in [-0.15, -0.1) is 0 Å². The molecule has 5 heteroatoms. The molecular formula is C10H17N3O2. The van der Waals surface area contributed by atoms with Gasteiger partial charge < -0.3 is 10.3 Å². The third-order valence-electron chi connectivity index (χ3n) is 2.09. The van der Waals surface area contributed by atoms with Crippen LogP contribution in [0.5, 0.6) is 0 Å². The average Bonchev–Trinajstić information content (AvgIpc) is 2.48. The van der Waals surface area contributed by atoms with Crippen molar-refractivity contribution in [2.45, 2.75) is 33.7 Å². The van der Waals surface area contributed by atoms with Crippen molar-refractivity contribution in [1.82, 2.24) is 5.16 Å². The number of carbonyl (C=O) groups excluding carboxylic acids is 1. The Balaban J connectivity index is 2.64. The second kappa shape index (κ2) is 4.02. The van der Waals surface area contributed by atoms with E-state index in [1.165, 1.54) is 0 Å². The molecule has 0 bridgehead atoms. The fraction of sp³-hybridized carbons (Fsp3) is 0.600. The molecule has 0 radical (unpaired) electrons. The smallest absolute Gasteiger partial charge is 0.244 e. The lowest BCUT2D eigenvalue weighted by Crippen LogP contribution is -2.45. The van der Waals surface area contributed by atoms with Crippen LogP contribution in [0.1, 0.15) is 26.5 Å². The molecule has 5 nitrogen and oxygen atoms in total. The SMILES string of the molecule is Cc1cc(NC(=O)[C@H](N)C(C)(C)C)on1. The highest BCUT2D eigenvalue weighted by Gasteiger charge is 2.27. The van der Waals surface area contributed by atoms with Crippen molar-refractivity contribution in [3.05, 3.63) is 11.8 Å². The maximum absolute atomic E-state index is 11.6. The van der Waals surface area contributed by atoms with Gasteiger partial charge in [-0.2, -0.15) is 0 Å². The van der Waals surface area contributed by atoms with Crippen LogP contribution in [0.3, 0.4) is 0 Å². The van der Waals surface area contributed by atoms with Gasteiger partial charge in [0, 0.05) is 6.07 Å². The third kappa shape index (κ3) is 3.06. The van der Waals surface area contributed by atoms with Crippen molar-refractivity contribution < 1.29 is 9.32 Å². The zero-order chi connectivity index (χ0) is 11.6. The van der Waals surface area contributed by atoms with Gasteiger partial charge in [0.25, 0.3) is 0 Å². The lowest BCUT2D eigenvalue weighted by molar-refractivity contribution is -0.119. The van der Waals surface area contributed by atoms with Gasteiger partial charge in [0.2, 0.25) is 11.8 Å². The molecular weight excluding hydrogens is 194 g/mol. The third-order valence-corrected chi connectivity index (χ3v) is 2.09. The molecule has 84 valence electrons. The summed E-state index contributed by atoms with van der Waals surface area (Å²) < 4.78 is 4.86. The van der Waals surface area contributed by atoms with Crippen LogP contribution in [0.15, 0.2) is 10.6 Å². The zero-order valence-corrected chi connectivity index (χ0v) is 9.50. The summed E-state index contributed by atoms with van der Waals surface area (Å²) in [6.45, 7) is 7.50. The Morgan fingerprint density at radius 1 is 1.60 bits per heavy atom. The van der Waals surface area contributed by atoms with Crippen molar-refractivity contribution >= 4 is 11.8 Å². The standard InChI is InChI=1S/C10H17N3O2/c1-6-5-7(15-13-6)12-9(14)8(11)10(2,3)4/h5,8H,11H2,1-4H3,(H,12,14)/t8-/m0/s1. The van der Waals surface area contributed by atoms with Crippen molar-refractivity contribution in [2.24, 2.45) is 11.1 Å². The Labute approximate surface area is 89.0 Å².